The van der Waals surface area contributed by atoms with Gasteiger partial charge in [0.05, 0.1) is 17.1 Å². The SMILES string of the molecule is O=C1c2[nH]ccc2C2=NCCc3c[nH]c1c32. The molecule has 2 aliphatic rings. The highest BCUT2D eigenvalue weighted by atomic mass is 16.1. The van der Waals surface area contributed by atoms with Gasteiger partial charge in [-0.1, -0.05) is 0 Å². The van der Waals surface area contributed by atoms with Crippen molar-refractivity contribution in [2.45, 2.75) is 6.42 Å². The van der Waals surface area contributed by atoms with Crippen molar-refractivity contribution in [1.82, 2.24) is 9.97 Å². The molecule has 16 heavy (non-hydrogen) atoms. The molecule has 2 aromatic heterocycles. The zero-order valence-corrected chi connectivity index (χ0v) is 8.50. The molecule has 1 aliphatic heterocycles. The van der Waals surface area contributed by atoms with Crippen LogP contribution in [0.3, 0.4) is 0 Å². The molecule has 0 spiro atoms. The van der Waals surface area contributed by atoms with Gasteiger partial charge in [0, 0.05) is 30.1 Å². The molecule has 78 valence electrons. The van der Waals surface area contributed by atoms with Gasteiger partial charge in [0.2, 0.25) is 5.78 Å². The monoisotopic (exact) mass is 211 g/mol. The van der Waals surface area contributed by atoms with E-state index in [0.29, 0.717) is 11.4 Å². The highest BCUT2D eigenvalue weighted by Crippen LogP contribution is 2.31. The lowest BCUT2D eigenvalue weighted by atomic mass is 9.88. The number of fused-ring (bicyclic) bond motifs is 2. The quantitative estimate of drug-likeness (QED) is 0.578. The number of carbonyl (C=O) groups is 1. The minimum Gasteiger partial charge on any atom is -0.358 e. The van der Waals surface area contributed by atoms with Crippen LogP contribution in [0.4, 0.5) is 0 Å². The van der Waals surface area contributed by atoms with E-state index in [2.05, 4.69) is 15.0 Å². The first-order chi connectivity index (χ1) is 7.86. The maximum absolute atomic E-state index is 12.2. The Morgan fingerprint density at radius 2 is 2.19 bits per heavy atom. The standard InChI is InChI=1S/C12H9N3O/c16-12-10-7(2-4-14-10)9-8-6(1-3-13-9)5-15-11(8)12/h2,4-5,14-15H,1,3H2. The highest BCUT2D eigenvalue weighted by molar-refractivity contribution is 6.29. The predicted molar refractivity (Wildman–Crippen MR) is 59.2 cm³/mol. The highest BCUT2D eigenvalue weighted by Gasteiger charge is 2.33. The lowest BCUT2D eigenvalue weighted by molar-refractivity contribution is 0.102. The van der Waals surface area contributed by atoms with Crippen molar-refractivity contribution in [3.63, 3.8) is 0 Å². The van der Waals surface area contributed by atoms with Crippen LogP contribution in [0.5, 0.6) is 0 Å². The molecule has 0 unspecified atom stereocenters. The topological polar surface area (TPSA) is 61.0 Å². The van der Waals surface area contributed by atoms with E-state index in [-0.39, 0.29) is 5.78 Å². The molecule has 2 N–H and O–H groups in total. The second kappa shape index (κ2) is 2.52. The average molecular weight is 211 g/mol. The first kappa shape index (κ1) is 8.10. The van der Waals surface area contributed by atoms with E-state index in [0.717, 1.165) is 29.8 Å². The number of carbonyl (C=O) groups excluding carboxylic acids is 1. The average Bonchev–Trinajstić information content (AvgIpc) is 2.93. The van der Waals surface area contributed by atoms with Crippen LogP contribution in [0.25, 0.3) is 0 Å². The molecule has 0 atom stereocenters. The predicted octanol–water partition coefficient (Wildman–Crippen LogP) is 1.28. The third-order valence-electron chi connectivity index (χ3n) is 3.31. The summed E-state index contributed by atoms with van der Waals surface area (Å²) in [5.74, 6) is 0.0436. The summed E-state index contributed by atoms with van der Waals surface area (Å²) >= 11 is 0. The number of ketones is 1. The van der Waals surface area contributed by atoms with Crippen LogP contribution in [0.2, 0.25) is 0 Å². The van der Waals surface area contributed by atoms with Crippen LogP contribution in [-0.2, 0) is 6.42 Å². The lowest BCUT2D eigenvalue weighted by Gasteiger charge is -2.18. The second-order valence-electron chi connectivity index (χ2n) is 4.14. The third kappa shape index (κ3) is 0.768. The van der Waals surface area contributed by atoms with Crippen molar-refractivity contribution in [2.75, 3.05) is 6.54 Å². The van der Waals surface area contributed by atoms with E-state index in [1.54, 1.807) is 6.20 Å². The van der Waals surface area contributed by atoms with Crippen molar-refractivity contribution in [3.8, 4) is 0 Å². The van der Waals surface area contributed by atoms with Gasteiger partial charge in [-0.05, 0) is 18.1 Å². The smallest absolute Gasteiger partial charge is 0.226 e. The van der Waals surface area contributed by atoms with E-state index in [1.165, 1.54) is 5.56 Å². The van der Waals surface area contributed by atoms with Crippen LogP contribution in [0.15, 0.2) is 23.5 Å². The number of aromatic nitrogens is 2. The van der Waals surface area contributed by atoms with Crippen molar-refractivity contribution in [3.05, 3.63) is 46.5 Å². The summed E-state index contributed by atoms with van der Waals surface area (Å²) < 4.78 is 0. The van der Waals surface area contributed by atoms with Crippen LogP contribution in [0, 0.1) is 0 Å². The largest absolute Gasteiger partial charge is 0.358 e. The number of hydrogen-bond donors (Lipinski definition) is 2. The number of nitrogens with zero attached hydrogens (tertiary/aromatic N) is 1. The Morgan fingerprint density at radius 3 is 3.12 bits per heavy atom. The van der Waals surface area contributed by atoms with Crippen molar-refractivity contribution < 1.29 is 4.79 Å². The molecule has 0 bridgehead atoms. The van der Waals surface area contributed by atoms with Gasteiger partial charge in [0.1, 0.15) is 0 Å². The third-order valence-corrected chi connectivity index (χ3v) is 3.31. The molecule has 3 heterocycles. The van der Waals surface area contributed by atoms with E-state index >= 15 is 0 Å². The van der Waals surface area contributed by atoms with Crippen LogP contribution in [0.1, 0.15) is 32.9 Å². The summed E-state index contributed by atoms with van der Waals surface area (Å²) in [5.41, 5.74) is 5.47. The number of rotatable bonds is 0. The maximum Gasteiger partial charge on any atom is 0.226 e. The summed E-state index contributed by atoms with van der Waals surface area (Å²) in [6.07, 6.45) is 4.65. The minimum absolute atomic E-state index is 0.0436. The second-order valence-corrected chi connectivity index (χ2v) is 4.14. The molecular formula is C12H9N3O. The summed E-state index contributed by atoms with van der Waals surface area (Å²) in [6, 6.07) is 1.93. The van der Waals surface area contributed by atoms with E-state index in [4.69, 9.17) is 0 Å². The summed E-state index contributed by atoms with van der Waals surface area (Å²) in [7, 11) is 0. The summed E-state index contributed by atoms with van der Waals surface area (Å²) in [5, 5.41) is 0. The summed E-state index contributed by atoms with van der Waals surface area (Å²) in [6.45, 7) is 0.804. The molecule has 1 aliphatic carbocycles. The Morgan fingerprint density at radius 1 is 1.25 bits per heavy atom. The molecule has 4 heteroatoms. The van der Waals surface area contributed by atoms with Crippen LogP contribution >= 0.6 is 0 Å². The zero-order chi connectivity index (χ0) is 10.7. The van der Waals surface area contributed by atoms with E-state index in [1.807, 2.05) is 12.3 Å². The Bertz CT molecular complexity index is 645. The number of H-pyrrole nitrogens is 2. The normalized spacial score (nSPS) is 16.8. The number of hydrogen-bond acceptors (Lipinski definition) is 2. The fourth-order valence-corrected chi connectivity index (χ4v) is 2.58. The summed E-state index contributed by atoms with van der Waals surface area (Å²) in [4.78, 5) is 22.8. The Hall–Kier alpha value is -2.10. The van der Waals surface area contributed by atoms with Gasteiger partial charge >= 0.3 is 0 Å². The number of aromatic amines is 2. The van der Waals surface area contributed by atoms with E-state index < -0.39 is 0 Å². The molecule has 0 fully saturated rings. The molecule has 0 saturated heterocycles. The van der Waals surface area contributed by atoms with Gasteiger partial charge < -0.3 is 9.97 Å². The van der Waals surface area contributed by atoms with E-state index in [9.17, 15) is 4.79 Å². The van der Waals surface area contributed by atoms with Gasteiger partial charge in [-0.15, -0.1) is 0 Å². The van der Waals surface area contributed by atoms with Crippen molar-refractivity contribution in [2.24, 2.45) is 4.99 Å². The van der Waals surface area contributed by atoms with Crippen LogP contribution < -0.4 is 0 Å². The molecule has 0 amide bonds. The number of aliphatic imine (C=N–C) groups is 1. The molecule has 4 nitrogen and oxygen atoms in total. The molecule has 0 saturated carbocycles. The first-order valence-electron chi connectivity index (χ1n) is 5.34. The number of nitrogens with one attached hydrogen (secondary N) is 2. The van der Waals surface area contributed by atoms with Gasteiger partial charge in [0.25, 0.3) is 0 Å². The fourth-order valence-electron chi connectivity index (χ4n) is 2.58. The first-order valence-corrected chi connectivity index (χ1v) is 5.34. The van der Waals surface area contributed by atoms with Gasteiger partial charge in [0.15, 0.2) is 0 Å². The molecule has 4 rings (SSSR count). The molecule has 2 aromatic rings. The Balaban J connectivity index is 2.14. The van der Waals surface area contributed by atoms with Gasteiger partial charge in [-0.3, -0.25) is 9.79 Å². The Kier molecular flexibility index (Phi) is 1.28. The Labute approximate surface area is 91.4 Å². The molecule has 0 aromatic carbocycles. The zero-order valence-electron chi connectivity index (χ0n) is 8.50. The molecule has 0 radical (unpaired) electrons. The van der Waals surface area contributed by atoms with Gasteiger partial charge in [-0.2, -0.15) is 0 Å². The molecular weight excluding hydrogens is 202 g/mol. The fraction of sp³-hybridized carbons (Fsp3) is 0.167. The van der Waals surface area contributed by atoms with Crippen molar-refractivity contribution in [1.29, 1.82) is 0 Å². The van der Waals surface area contributed by atoms with Gasteiger partial charge in [-0.25, -0.2) is 0 Å². The minimum atomic E-state index is 0.0436. The maximum atomic E-state index is 12.2. The van der Waals surface area contributed by atoms with Crippen LogP contribution in [-0.4, -0.2) is 28.0 Å². The van der Waals surface area contributed by atoms with Crippen molar-refractivity contribution >= 4 is 11.5 Å². The lowest BCUT2D eigenvalue weighted by Crippen LogP contribution is -2.23.